The molecule has 310 valence electrons. The smallest absolute Gasteiger partial charge is 0.408 e. The number of fused-ring (bicyclic) bond motifs is 1. The number of amides is 5. The van der Waals surface area contributed by atoms with Crippen molar-refractivity contribution in [3.63, 3.8) is 0 Å². The van der Waals surface area contributed by atoms with Gasteiger partial charge < -0.3 is 40.5 Å². The first-order valence-electron chi connectivity index (χ1n) is 20.5. The van der Waals surface area contributed by atoms with Gasteiger partial charge in [0.2, 0.25) is 23.5 Å². The number of alkyl carbamates (subject to hydrolysis) is 1. The molecule has 2 heterocycles. The lowest BCUT2D eigenvalue weighted by Crippen LogP contribution is -2.59. The van der Waals surface area contributed by atoms with E-state index >= 15 is 0 Å². The Morgan fingerprint density at radius 1 is 0.929 bits per heavy atom. The number of benzene rings is 1. The van der Waals surface area contributed by atoms with E-state index in [0.29, 0.717) is 13.0 Å². The summed E-state index contributed by atoms with van der Waals surface area (Å²) in [6, 6.07) is 6.12. The fraction of sp³-hybridized carbons (Fsp3) is 0.714. The van der Waals surface area contributed by atoms with Crippen LogP contribution >= 0.6 is 0 Å². The van der Waals surface area contributed by atoms with Crippen molar-refractivity contribution in [1.82, 2.24) is 31.1 Å². The molecular weight excluding hydrogens is 716 g/mol. The van der Waals surface area contributed by atoms with E-state index in [-0.39, 0.29) is 42.7 Å². The fourth-order valence-corrected chi connectivity index (χ4v) is 8.78. The van der Waals surface area contributed by atoms with Gasteiger partial charge in [0, 0.05) is 19.0 Å². The molecule has 2 saturated heterocycles. The molecule has 14 heteroatoms. The first kappa shape index (κ1) is 43.1. The van der Waals surface area contributed by atoms with Crippen molar-refractivity contribution in [2.24, 2.45) is 17.8 Å². The van der Waals surface area contributed by atoms with E-state index in [1.807, 2.05) is 63.2 Å². The Labute approximate surface area is 331 Å². The van der Waals surface area contributed by atoms with Crippen LogP contribution in [-0.4, -0.2) is 114 Å². The quantitative estimate of drug-likeness (QED) is 0.194. The maximum atomic E-state index is 14.6. The molecule has 1 aromatic rings. The maximum absolute atomic E-state index is 14.6. The van der Waals surface area contributed by atoms with E-state index in [1.165, 1.54) is 4.90 Å². The summed E-state index contributed by atoms with van der Waals surface area (Å²) in [5.74, 6) is -3.53. The van der Waals surface area contributed by atoms with Crippen molar-refractivity contribution in [2.75, 3.05) is 33.7 Å². The minimum Gasteiger partial charge on any atom is -0.444 e. The summed E-state index contributed by atoms with van der Waals surface area (Å²) >= 11 is 0. The van der Waals surface area contributed by atoms with Crippen LogP contribution in [0.3, 0.4) is 0 Å². The van der Waals surface area contributed by atoms with Gasteiger partial charge in [-0.15, -0.1) is 0 Å². The summed E-state index contributed by atoms with van der Waals surface area (Å²) in [6.45, 7) is 9.44. The molecule has 2 saturated carbocycles. The fourth-order valence-electron chi connectivity index (χ4n) is 8.78. The van der Waals surface area contributed by atoms with Gasteiger partial charge in [-0.1, -0.05) is 68.9 Å². The van der Waals surface area contributed by atoms with Gasteiger partial charge in [0.25, 0.3) is 5.91 Å². The number of likely N-dealkylation sites (N-methyl/N-ethyl adjacent to an activating group) is 1. The van der Waals surface area contributed by atoms with Crippen LogP contribution in [0.25, 0.3) is 0 Å². The zero-order chi connectivity index (χ0) is 40.8. The summed E-state index contributed by atoms with van der Waals surface area (Å²) in [4.78, 5) is 86.0. The first-order valence-corrected chi connectivity index (χ1v) is 20.5. The van der Waals surface area contributed by atoms with Crippen LogP contribution in [0.5, 0.6) is 0 Å². The van der Waals surface area contributed by atoms with Crippen molar-refractivity contribution in [3.8, 4) is 0 Å². The molecule has 0 aromatic heterocycles. The number of hydrogen-bond acceptors (Lipinski definition) is 9. The van der Waals surface area contributed by atoms with Crippen LogP contribution in [0, 0.1) is 17.8 Å². The normalized spacial score (nSPS) is 23.9. The van der Waals surface area contributed by atoms with Crippen LogP contribution < -0.4 is 21.3 Å². The monoisotopic (exact) mass is 780 g/mol. The molecule has 56 heavy (non-hydrogen) atoms. The summed E-state index contributed by atoms with van der Waals surface area (Å²) in [6.07, 6.45) is 6.79. The highest BCUT2D eigenvalue weighted by Crippen LogP contribution is 2.44. The molecule has 0 bridgehead atoms. The van der Waals surface area contributed by atoms with Gasteiger partial charge in [-0.25, -0.2) is 4.79 Å². The molecule has 4 aliphatic rings. The molecule has 2 aliphatic carbocycles. The predicted octanol–water partition coefficient (Wildman–Crippen LogP) is 3.63. The molecule has 4 N–H and O–H groups in total. The van der Waals surface area contributed by atoms with Crippen molar-refractivity contribution >= 4 is 35.5 Å². The number of nitrogens with one attached hydrogen (secondary N) is 4. The highest BCUT2D eigenvalue weighted by atomic mass is 16.6. The summed E-state index contributed by atoms with van der Waals surface area (Å²) in [5, 5.41) is 11.2. The third-order valence-electron chi connectivity index (χ3n) is 11.5. The highest BCUT2D eigenvalue weighted by Gasteiger charge is 2.56. The van der Waals surface area contributed by atoms with Gasteiger partial charge in [0.15, 0.2) is 0 Å². The van der Waals surface area contributed by atoms with E-state index in [0.717, 1.165) is 56.9 Å². The zero-order valence-corrected chi connectivity index (χ0v) is 34.4. The third kappa shape index (κ3) is 11.5. The highest BCUT2D eigenvalue weighted by molar-refractivity contribution is 6.38. The minimum atomic E-state index is -1.15. The molecule has 4 fully saturated rings. The summed E-state index contributed by atoms with van der Waals surface area (Å²) in [5.41, 5.74) is -0.400. The van der Waals surface area contributed by atoms with Crippen molar-refractivity contribution in [2.45, 2.75) is 140 Å². The molecule has 1 unspecified atom stereocenters. The predicted molar refractivity (Wildman–Crippen MR) is 210 cm³/mol. The maximum Gasteiger partial charge on any atom is 0.408 e. The number of likely N-dealkylation sites (tertiary alicyclic amines) is 1. The van der Waals surface area contributed by atoms with Gasteiger partial charge in [-0.3, -0.25) is 24.0 Å². The number of nitrogens with zero attached hydrogens (tertiary/aromatic N) is 2. The van der Waals surface area contributed by atoms with Gasteiger partial charge in [-0.2, -0.15) is 0 Å². The number of Topliss-reactive ketones (excluding diaryl/α,β-unsaturated/α-hetero) is 1. The lowest BCUT2D eigenvalue weighted by molar-refractivity contribution is -0.145. The molecule has 1 aromatic carbocycles. The van der Waals surface area contributed by atoms with Gasteiger partial charge >= 0.3 is 6.09 Å². The van der Waals surface area contributed by atoms with Gasteiger partial charge in [-0.05, 0) is 91.8 Å². The van der Waals surface area contributed by atoms with E-state index < -0.39 is 71.6 Å². The average molecular weight is 781 g/mol. The molecule has 5 rings (SSSR count). The van der Waals surface area contributed by atoms with Crippen LogP contribution in [0.2, 0.25) is 0 Å². The molecule has 2 aliphatic heterocycles. The average Bonchev–Trinajstić information content (AvgIpc) is 3.60. The first-order chi connectivity index (χ1) is 26.4. The second-order valence-electron chi connectivity index (χ2n) is 18.2. The Bertz CT molecular complexity index is 1570. The Hall–Kier alpha value is -4.04. The lowest BCUT2D eigenvalue weighted by atomic mass is 9.80. The molecule has 5 amide bonds. The number of carbonyl (C=O) groups is 6. The second kappa shape index (κ2) is 18.5. The molecule has 0 radical (unpaired) electrons. The Kier molecular flexibility index (Phi) is 14.2. The Morgan fingerprint density at radius 2 is 1.61 bits per heavy atom. The minimum absolute atomic E-state index is 0.134. The van der Waals surface area contributed by atoms with Crippen LogP contribution in [0.1, 0.15) is 110 Å². The number of carbonyl (C=O) groups excluding carboxylic acids is 6. The SMILES string of the molecule is CN(C)C[C@@H](NC(=O)CNC(=O)C(=O)C(CC1CCC1)NC(=O)[C@@H]1[C@H]2CC(C)(C)O[C@H]2CN1C(=O)[C@@H](NC(=O)OC(C)(C)C)C1CCCCC1)c1ccccc1. The van der Waals surface area contributed by atoms with E-state index in [1.54, 1.807) is 20.8 Å². The largest absolute Gasteiger partial charge is 0.444 e. The molecule has 6 atom stereocenters. The third-order valence-corrected chi connectivity index (χ3v) is 11.5. The van der Waals surface area contributed by atoms with Crippen LogP contribution in [0.4, 0.5) is 4.79 Å². The second-order valence-corrected chi connectivity index (χ2v) is 18.2. The van der Waals surface area contributed by atoms with E-state index in [4.69, 9.17) is 9.47 Å². The standard InChI is InChI=1S/C42H64N6O8/c1-41(2,3)56-40(54)46-34(28-19-12-9-13-20-28)39(53)48-25-32-29(22-42(4,5)55-32)35(48)37(51)45-30(21-26-15-14-16-26)36(50)38(52)43-23-33(49)44-31(24-47(6)7)27-17-10-8-11-18-27/h8,10-11,17-18,26,28-32,34-35H,9,12-16,19-25H2,1-7H3,(H,43,52)(H,44,49)(H,45,51)(H,46,54)/t29-,30?,31+,32-,34-,35-/m0/s1. The van der Waals surface area contributed by atoms with Crippen molar-refractivity contribution in [3.05, 3.63) is 35.9 Å². The topological polar surface area (TPSA) is 175 Å². The number of ether oxygens (including phenoxy) is 2. The molecular formula is C42H64N6O8. The van der Waals surface area contributed by atoms with E-state index in [2.05, 4.69) is 21.3 Å². The Morgan fingerprint density at radius 3 is 2.21 bits per heavy atom. The van der Waals surface area contributed by atoms with Crippen LogP contribution in [0.15, 0.2) is 30.3 Å². The summed E-state index contributed by atoms with van der Waals surface area (Å²) < 4.78 is 11.9. The number of ketones is 1. The van der Waals surface area contributed by atoms with Crippen LogP contribution in [-0.2, 0) is 33.4 Å². The molecule has 14 nitrogen and oxygen atoms in total. The number of hydrogen-bond donors (Lipinski definition) is 4. The Balaban J connectivity index is 1.31. The van der Waals surface area contributed by atoms with Gasteiger partial charge in [0.05, 0.1) is 30.3 Å². The number of rotatable bonds is 15. The lowest BCUT2D eigenvalue weighted by Gasteiger charge is -2.36. The van der Waals surface area contributed by atoms with Gasteiger partial charge in [0.1, 0.15) is 17.7 Å². The summed E-state index contributed by atoms with van der Waals surface area (Å²) in [7, 11) is 3.80. The van der Waals surface area contributed by atoms with Crippen molar-refractivity contribution in [1.29, 1.82) is 0 Å². The van der Waals surface area contributed by atoms with Crippen molar-refractivity contribution < 1.29 is 38.2 Å². The van der Waals surface area contributed by atoms with E-state index in [9.17, 15) is 28.8 Å². The zero-order valence-electron chi connectivity index (χ0n) is 34.4. The molecule has 0 spiro atoms.